The fourth-order valence-corrected chi connectivity index (χ4v) is 1.28. The van der Waals surface area contributed by atoms with E-state index < -0.39 is 0 Å². The predicted molar refractivity (Wildman–Crippen MR) is 57.3 cm³/mol. The smallest absolute Gasteiger partial charge is 0.0345 e. The molecule has 0 saturated carbocycles. The average molecular weight is 186 g/mol. The molecule has 0 atom stereocenters. The largest absolute Gasteiger partial charge is 0.385 e. The zero-order valence-electron chi connectivity index (χ0n) is 7.85. The summed E-state index contributed by atoms with van der Waals surface area (Å²) in [6.07, 6.45) is 0. The molecule has 0 aromatic heterocycles. The lowest BCUT2D eigenvalue weighted by Gasteiger charge is -2.05. The highest BCUT2D eigenvalue weighted by Gasteiger charge is 1.92. The molecule has 2 heteroatoms. The van der Waals surface area contributed by atoms with Gasteiger partial charge in [0.2, 0.25) is 0 Å². The first-order chi connectivity index (χ1) is 5.22. The van der Waals surface area contributed by atoms with Gasteiger partial charge in [0.05, 0.1) is 0 Å². The van der Waals surface area contributed by atoms with Gasteiger partial charge in [0.1, 0.15) is 0 Å². The van der Waals surface area contributed by atoms with Crippen LogP contribution in [0.1, 0.15) is 18.1 Å². The van der Waals surface area contributed by atoms with Gasteiger partial charge < -0.3 is 5.32 Å². The monoisotopic (exact) mass is 185 g/mol. The molecule has 0 aliphatic heterocycles. The molecule has 12 heavy (non-hydrogen) atoms. The topological polar surface area (TPSA) is 12.0 Å². The van der Waals surface area contributed by atoms with Crippen molar-refractivity contribution in [2.24, 2.45) is 0 Å². The van der Waals surface area contributed by atoms with E-state index in [-0.39, 0.29) is 12.4 Å². The van der Waals surface area contributed by atoms with E-state index in [2.05, 4.69) is 44.3 Å². The van der Waals surface area contributed by atoms with Crippen molar-refractivity contribution >= 4 is 18.1 Å². The van der Waals surface area contributed by atoms with E-state index in [1.165, 1.54) is 16.8 Å². The molecular formula is C10H16ClN. The van der Waals surface area contributed by atoms with Crippen LogP contribution in [0.3, 0.4) is 0 Å². The Bertz CT molecular complexity index is 225. The summed E-state index contributed by atoms with van der Waals surface area (Å²) in [5.74, 6) is 0. The van der Waals surface area contributed by atoms with Gasteiger partial charge in [-0.3, -0.25) is 0 Å². The second-order valence-electron chi connectivity index (χ2n) is 2.91. The Balaban J connectivity index is 0.00000121. The highest BCUT2D eigenvalue weighted by molar-refractivity contribution is 5.85. The van der Waals surface area contributed by atoms with Crippen molar-refractivity contribution in [2.75, 3.05) is 11.9 Å². The van der Waals surface area contributed by atoms with Crippen LogP contribution in [-0.4, -0.2) is 6.54 Å². The van der Waals surface area contributed by atoms with Crippen LogP contribution in [0, 0.1) is 13.8 Å². The van der Waals surface area contributed by atoms with E-state index >= 15 is 0 Å². The third-order valence-electron chi connectivity index (χ3n) is 1.60. The van der Waals surface area contributed by atoms with Gasteiger partial charge in [-0.25, -0.2) is 0 Å². The summed E-state index contributed by atoms with van der Waals surface area (Å²) < 4.78 is 0. The summed E-state index contributed by atoms with van der Waals surface area (Å²) in [5.41, 5.74) is 3.87. The summed E-state index contributed by atoms with van der Waals surface area (Å²) in [4.78, 5) is 0. The lowest BCUT2D eigenvalue weighted by atomic mass is 10.1. The van der Waals surface area contributed by atoms with Crippen LogP contribution in [0.4, 0.5) is 5.69 Å². The number of halogens is 1. The molecular weight excluding hydrogens is 170 g/mol. The maximum Gasteiger partial charge on any atom is 0.0345 e. The lowest BCUT2D eigenvalue weighted by Crippen LogP contribution is -1.96. The Kier molecular flexibility index (Phi) is 4.75. The van der Waals surface area contributed by atoms with Crippen molar-refractivity contribution < 1.29 is 0 Å². The molecule has 0 unspecified atom stereocenters. The van der Waals surface area contributed by atoms with Gasteiger partial charge in [-0.15, -0.1) is 12.4 Å². The highest BCUT2D eigenvalue weighted by atomic mass is 35.5. The fraction of sp³-hybridized carbons (Fsp3) is 0.400. The van der Waals surface area contributed by atoms with Crippen LogP contribution in [0.5, 0.6) is 0 Å². The Morgan fingerprint density at radius 2 is 1.58 bits per heavy atom. The van der Waals surface area contributed by atoms with Crippen molar-refractivity contribution in [3.05, 3.63) is 29.3 Å². The number of hydrogen-bond donors (Lipinski definition) is 1. The Labute approximate surface area is 80.6 Å². The van der Waals surface area contributed by atoms with Gasteiger partial charge in [0, 0.05) is 12.2 Å². The molecule has 1 aromatic carbocycles. The number of benzene rings is 1. The second-order valence-corrected chi connectivity index (χ2v) is 2.91. The first-order valence-corrected chi connectivity index (χ1v) is 4.04. The van der Waals surface area contributed by atoms with Crippen molar-refractivity contribution in [1.82, 2.24) is 0 Å². The van der Waals surface area contributed by atoms with Gasteiger partial charge in [-0.2, -0.15) is 0 Å². The van der Waals surface area contributed by atoms with E-state index in [4.69, 9.17) is 0 Å². The number of nitrogens with one attached hydrogen (secondary N) is 1. The third-order valence-corrected chi connectivity index (χ3v) is 1.60. The number of hydrogen-bond acceptors (Lipinski definition) is 1. The Morgan fingerprint density at radius 3 is 2.00 bits per heavy atom. The SMILES string of the molecule is CCNc1cc(C)cc(C)c1.Cl. The van der Waals surface area contributed by atoms with Crippen LogP contribution in [-0.2, 0) is 0 Å². The quantitative estimate of drug-likeness (QED) is 0.747. The van der Waals surface area contributed by atoms with Crippen molar-refractivity contribution in [3.8, 4) is 0 Å². The molecule has 68 valence electrons. The van der Waals surface area contributed by atoms with Crippen LogP contribution >= 0.6 is 12.4 Å². The molecule has 0 amide bonds. The number of rotatable bonds is 2. The van der Waals surface area contributed by atoms with E-state index in [9.17, 15) is 0 Å². The standard InChI is InChI=1S/C10H15N.ClH/c1-4-11-10-6-8(2)5-9(3)7-10;/h5-7,11H,4H2,1-3H3;1H. The molecule has 1 N–H and O–H groups in total. The summed E-state index contributed by atoms with van der Waals surface area (Å²) in [6, 6.07) is 6.51. The Morgan fingerprint density at radius 1 is 1.08 bits per heavy atom. The molecule has 0 fully saturated rings. The van der Waals surface area contributed by atoms with Crippen LogP contribution in [0.2, 0.25) is 0 Å². The van der Waals surface area contributed by atoms with E-state index in [1.54, 1.807) is 0 Å². The minimum atomic E-state index is 0. The molecule has 0 spiro atoms. The molecule has 0 aliphatic carbocycles. The summed E-state index contributed by atoms with van der Waals surface area (Å²) >= 11 is 0. The molecule has 1 nitrogen and oxygen atoms in total. The van der Waals surface area contributed by atoms with Crippen molar-refractivity contribution in [1.29, 1.82) is 0 Å². The first kappa shape index (κ1) is 11.3. The normalized spacial score (nSPS) is 8.92. The van der Waals surface area contributed by atoms with Crippen molar-refractivity contribution in [2.45, 2.75) is 20.8 Å². The predicted octanol–water partition coefficient (Wildman–Crippen LogP) is 3.16. The Hall–Kier alpha value is -0.690. The van der Waals surface area contributed by atoms with E-state index in [0.717, 1.165) is 6.54 Å². The molecule has 0 heterocycles. The van der Waals surface area contributed by atoms with Gasteiger partial charge >= 0.3 is 0 Å². The minimum Gasteiger partial charge on any atom is -0.385 e. The number of anilines is 1. The zero-order chi connectivity index (χ0) is 8.27. The first-order valence-electron chi connectivity index (χ1n) is 4.04. The molecule has 0 radical (unpaired) electrons. The van der Waals surface area contributed by atoms with Gasteiger partial charge in [-0.05, 0) is 44.0 Å². The van der Waals surface area contributed by atoms with Crippen LogP contribution in [0.15, 0.2) is 18.2 Å². The summed E-state index contributed by atoms with van der Waals surface area (Å²) in [6.45, 7) is 7.34. The summed E-state index contributed by atoms with van der Waals surface area (Å²) in [7, 11) is 0. The second kappa shape index (κ2) is 5.04. The fourth-order valence-electron chi connectivity index (χ4n) is 1.28. The molecule has 1 rings (SSSR count). The van der Waals surface area contributed by atoms with Gasteiger partial charge in [0.15, 0.2) is 0 Å². The average Bonchev–Trinajstić information content (AvgIpc) is 1.85. The molecule has 0 bridgehead atoms. The van der Waals surface area contributed by atoms with E-state index in [0.29, 0.717) is 0 Å². The number of aryl methyl sites for hydroxylation is 2. The minimum absolute atomic E-state index is 0. The van der Waals surface area contributed by atoms with Crippen LogP contribution < -0.4 is 5.32 Å². The summed E-state index contributed by atoms with van der Waals surface area (Å²) in [5, 5.41) is 3.29. The molecule has 0 aliphatic rings. The van der Waals surface area contributed by atoms with Crippen LogP contribution in [0.25, 0.3) is 0 Å². The van der Waals surface area contributed by atoms with Crippen molar-refractivity contribution in [3.63, 3.8) is 0 Å². The maximum absolute atomic E-state index is 3.29. The molecule has 0 saturated heterocycles. The third kappa shape index (κ3) is 3.14. The highest BCUT2D eigenvalue weighted by Crippen LogP contribution is 2.12. The van der Waals surface area contributed by atoms with Gasteiger partial charge in [-0.1, -0.05) is 6.07 Å². The maximum atomic E-state index is 3.29. The zero-order valence-corrected chi connectivity index (χ0v) is 8.66. The molecule has 1 aromatic rings. The van der Waals surface area contributed by atoms with E-state index in [1.807, 2.05) is 0 Å². The lowest BCUT2D eigenvalue weighted by molar-refractivity contribution is 1.20. The van der Waals surface area contributed by atoms with Gasteiger partial charge in [0.25, 0.3) is 0 Å².